The van der Waals surface area contributed by atoms with E-state index < -0.39 is 0 Å². The first-order valence-electron chi connectivity index (χ1n) is 4.21. The van der Waals surface area contributed by atoms with Crippen molar-refractivity contribution in [3.8, 4) is 5.75 Å². The highest BCUT2D eigenvalue weighted by molar-refractivity contribution is 9.10. The quantitative estimate of drug-likeness (QED) is 0.841. The SMILES string of the molecule is Clc1nnc(COc2cc(Br)ccc2Cl)s1. The second kappa shape index (κ2) is 5.31. The number of ether oxygens (including phenoxy) is 1. The summed E-state index contributed by atoms with van der Waals surface area (Å²) in [6, 6.07) is 5.40. The van der Waals surface area contributed by atoms with Gasteiger partial charge in [-0.2, -0.15) is 0 Å². The maximum absolute atomic E-state index is 5.96. The smallest absolute Gasteiger partial charge is 0.207 e. The van der Waals surface area contributed by atoms with E-state index in [0.29, 0.717) is 26.9 Å². The summed E-state index contributed by atoms with van der Waals surface area (Å²) in [7, 11) is 0. The maximum atomic E-state index is 5.96. The molecule has 0 aliphatic carbocycles. The summed E-state index contributed by atoms with van der Waals surface area (Å²) in [6.07, 6.45) is 0. The van der Waals surface area contributed by atoms with Crippen LogP contribution in [-0.4, -0.2) is 10.2 Å². The van der Waals surface area contributed by atoms with E-state index >= 15 is 0 Å². The van der Waals surface area contributed by atoms with Gasteiger partial charge in [0.25, 0.3) is 0 Å². The molecule has 2 aromatic rings. The van der Waals surface area contributed by atoms with Crippen molar-refractivity contribution < 1.29 is 4.74 Å². The minimum atomic E-state index is 0.306. The van der Waals surface area contributed by atoms with Gasteiger partial charge in [0, 0.05) is 4.47 Å². The van der Waals surface area contributed by atoms with Crippen LogP contribution in [0.5, 0.6) is 5.75 Å². The Labute approximate surface area is 114 Å². The highest BCUT2D eigenvalue weighted by Crippen LogP contribution is 2.29. The predicted octanol–water partition coefficient (Wildman–Crippen LogP) is 4.19. The molecule has 0 saturated carbocycles. The van der Waals surface area contributed by atoms with Crippen molar-refractivity contribution in [1.29, 1.82) is 0 Å². The largest absolute Gasteiger partial charge is 0.485 e. The van der Waals surface area contributed by atoms with Crippen molar-refractivity contribution in [2.24, 2.45) is 0 Å². The molecule has 0 bridgehead atoms. The highest BCUT2D eigenvalue weighted by Gasteiger charge is 2.06. The zero-order valence-corrected chi connectivity index (χ0v) is 11.7. The molecule has 0 unspecified atom stereocenters. The third kappa shape index (κ3) is 3.07. The first-order chi connectivity index (χ1) is 7.65. The van der Waals surface area contributed by atoms with E-state index in [1.54, 1.807) is 12.1 Å². The maximum Gasteiger partial charge on any atom is 0.207 e. The molecule has 0 saturated heterocycles. The monoisotopic (exact) mass is 338 g/mol. The molecule has 0 N–H and O–H groups in total. The number of nitrogens with zero attached hydrogens (tertiary/aromatic N) is 2. The number of hydrogen-bond donors (Lipinski definition) is 0. The molecular weight excluding hydrogens is 335 g/mol. The second-order valence-electron chi connectivity index (χ2n) is 2.81. The van der Waals surface area contributed by atoms with Crippen LogP contribution in [0.1, 0.15) is 5.01 Å². The van der Waals surface area contributed by atoms with E-state index in [4.69, 9.17) is 27.9 Å². The fraction of sp³-hybridized carbons (Fsp3) is 0.111. The van der Waals surface area contributed by atoms with Gasteiger partial charge in [0.05, 0.1) is 5.02 Å². The van der Waals surface area contributed by atoms with Gasteiger partial charge in [-0.15, -0.1) is 10.2 Å². The molecule has 7 heteroatoms. The topological polar surface area (TPSA) is 35.0 Å². The first kappa shape index (κ1) is 12.1. The lowest BCUT2D eigenvalue weighted by molar-refractivity contribution is 0.304. The Hall–Kier alpha value is -0.360. The first-order valence-corrected chi connectivity index (χ1v) is 6.57. The van der Waals surface area contributed by atoms with Gasteiger partial charge >= 0.3 is 0 Å². The van der Waals surface area contributed by atoms with Crippen molar-refractivity contribution in [3.63, 3.8) is 0 Å². The van der Waals surface area contributed by atoms with Crippen molar-refractivity contribution in [2.75, 3.05) is 0 Å². The minimum Gasteiger partial charge on any atom is -0.485 e. The van der Waals surface area contributed by atoms with Crippen molar-refractivity contribution in [3.05, 3.63) is 37.2 Å². The van der Waals surface area contributed by atoms with Crippen LogP contribution >= 0.6 is 50.5 Å². The Kier molecular flexibility index (Phi) is 4.02. The normalized spacial score (nSPS) is 10.4. The van der Waals surface area contributed by atoms with Crippen LogP contribution in [0.25, 0.3) is 0 Å². The molecule has 2 rings (SSSR count). The number of hydrogen-bond acceptors (Lipinski definition) is 4. The Morgan fingerprint density at radius 2 is 2.12 bits per heavy atom. The Bertz CT molecular complexity index is 506. The lowest BCUT2D eigenvalue weighted by atomic mass is 10.3. The summed E-state index contributed by atoms with van der Waals surface area (Å²) in [5.41, 5.74) is 0. The molecule has 0 atom stereocenters. The lowest BCUT2D eigenvalue weighted by Crippen LogP contribution is -1.95. The van der Waals surface area contributed by atoms with Gasteiger partial charge in [-0.05, 0) is 29.8 Å². The average Bonchev–Trinajstić information content (AvgIpc) is 2.66. The zero-order chi connectivity index (χ0) is 11.5. The molecule has 1 aromatic carbocycles. The third-order valence-electron chi connectivity index (χ3n) is 1.69. The molecule has 16 heavy (non-hydrogen) atoms. The molecule has 0 aliphatic heterocycles. The summed E-state index contributed by atoms with van der Waals surface area (Å²) in [5, 5.41) is 8.78. The molecule has 0 amide bonds. The molecular formula is C9H5BrCl2N2OS. The molecule has 0 spiro atoms. The van der Waals surface area contributed by atoms with Gasteiger partial charge in [-0.3, -0.25) is 0 Å². The standard InChI is InChI=1S/C9H5BrCl2N2OS/c10-5-1-2-6(11)7(3-5)15-4-8-13-14-9(12)16-8/h1-3H,4H2. The number of rotatable bonds is 3. The van der Waals surface area contributed by atoms with Crippen LogP contribution in [0.3, 0.4) is 0 Å². The summed E-state index contributed by atoms with van der Waals surface area (Å²) in [6.45, 7) is 0.306. The van der Waals surface area contributed by atoms with Gasteiger partial charge in [-0.1, -0.05) is 38.9 Å². The molecule has 0 aliphatic rings. The highest BCUT2D eigenvalue weighted by atomic mass is 79.9. The van der Waals surface area contributed by atoms with E-state index in [1.165, 1.54) is 11.3 Å². The van der Waals surface area contributed by atoms with Gasteiger partial charge in [0.15, 0.2) is 5.01 Å². The van der Waals surface area contributed by atoms with Gasteiger partial charge < -0.3 is 4.74 Å². The fourth-order valence-electron chi connectivity index (χ4n) is 1.02. The van der Waals surface area contributed by atoms with Crippen LogP contribution < -0.4 is 4.74 Å². The number of halogens is 3. The van der Waals surface area contributed by atoms with Crippen LogP contribution in [-0.2, 0) is 6.61 Å². The van der Waals surface area contributed by atoms with E-state index in [9.17, 15) is 0 Å². The Morgan fingerprint density at radius 3 is 2.81 bits per heavy atom. The molecule has 1 heterocycles. The van der Waals surface area contributed by atoms with Gasteiger partial charge in [0.2, 0.25) is 4.47 Å². The average molecular weight is 340 g/mol. The molecule has 3 nitrogen and oxygen atoms in total. The van der Waals surface area contributed by atoms with E-state index in [2.05, 4.69) is 26.1 Å². The van der Waals surface area contributed by atoms with Gasteiger partial charge in [0.1, 0.15) is 12.4 Å². The van der Waals surface area contributed by atoms with Crippen molar-refractivity contribution in [1.82, 2.24) is 10.2 Å². The Morgan fingerprint density at radius 1 is 1.31 bits per heavy atom. The van der Waals surface area contributed by atoms with Crippen molar-refractivity contribution >= 4 is 50.5 Å². The summed E-state index contributed by atoms with van der Waals surface area (Å²) in [4.78, 5) is 0. The van der Waals surface area contributed by atoms with Crippen molar-refractivity contribution in [2.45, 2.75) is 6.61 Å². The van der Waals surface area contributed by atoms with Crippen LogP contribution in [0.4, 0.5) is 0 Å². The van der Waals surface area contributed by atoms with Gasteiger partial charge in [-0.25, -0.2) is 0 Å². The number of aromatic nitrogens is 2. The van der Waals surface area contributed by atoms with E-state index in [-0.39, 0.29) is 0 Å². The Balaban J connectivity index is 2.07. The third-order valence-corrected chi connectivity index (χ3v) is 3.48. The zero-order valence-electron chi connectivity index (χ0n) is 7.78. The molecule has 0 fully saturated rings. The summed E-state index contributed by atoms with van der Waals surface area (Å²) < 4.78 is 6.81. The summed E-state index contributed by atoms with van der Waals surface area (Å²) in [5.74, 6) is 0.599. The van der Waals surface area contributed by atoms with E-state index in [1.807, 2.05) is 6.07 Å². The predicted molar refractivity (Wildman–Crippen MR) is 68.4 cm³/mol. The number of benzene rings is 1. The van der Waals surface area contributed by atoms with E-state index in [0.717, 1.165) is 4.47 Å². The minimum absolute atomic E-state index is 0.306. The fourth-order valence-corrected chi connectivity index (χ4v) is 2.31. The summed E-state index contributed by atoms with van der Waals surface area (Å²) >= 11 is 16.2. The molecule has 84 valence electrons. The van der Waals surface area contributed by atoms with Crippen LogP contribution in [0.2, 0.25) is 9.49 Å². The molecule has 1 aromatic heterocycles. The second-order valence-corrected chi connectivity index (χ2v) is 5.78. The van der Waals surface area contributed by atoms with Crippen LogP contribution in [0, 0.1) is 0 Å². The molecule has 0 radical (unpaired) electrons. The van der Waals surface area contributed by atoms with Crippen LogP contribution in [0.15, 0.2) is 22.7 Å². The lowest BCUT2D eigenvalue weighted by Gasteiger charge is -2.05.